The van der Waals surface area contributed by atoms with E-state index in [0.717, 1.165) is 5.56 Å². The molecule has 1 rings (SSSR count). The Labute approximate surface area is 192 Å². The minimum Gasteiger partial charge on any atom is -0.460 e. The lowest BCUT2D eigenvalue weighted by Gasteiger charge is -2.29. The predicted octanol–water partition coefficient (Wildman–Crippen LogP) is 2.62. The monoisotopic (exact) mass is 467 g/mol. The molecule has 0 aliphatic carbocycles. The zero-order chi connectivity index (χ0) is 24.4. The van der Waals surface area contributed by atoms with E-state index in [1.807, 2.05) is 56.3 Å². The maximum absolute atomic E-state index is 13.0. The van der Waals surface area contributed by atoms with Gasteiger partial charge in [-0.25, -0.2) is 8.42 Å². The number of hydrogen-bond acceptors (Lipinski definition) is 6. The summed E-state index contributed by atoms with van der Waals surface area (Å²) in [7, 11) is -3.75. The summed E-state index contributed by atoms with van der Waals surface area (Å²) >= 11 is 0. The molecular formula is C23H37N3O5S. The number of carbonyl (C=O) groups is 2. The first-order valence-electron chi connectivity index (χ1n) is 10.8. The van der Waals surface area contributed by atoms with E-state index in [2.05, 4.69) is 10.3 Å². The van der Waals surface area contributed by atoms with Gasteiger partial charge in [-0.1, -0.05) is 56.3 Å². The maximum atomic E-state index is 13.0. The Hall–Kier alpha value is -2.23. The molecule has 1 amide bonds. The molecule has 32 heavy (non-hydrogen) atoms. The van der Waals surface area contributed by atoms with E-state index in [1.54, 1.807) is 20.8 Å². The Balaban J connectivity index is 3.14. The summed E-state index contributed by atoms with van der Waals surface area (Å²) in [5, 5.41) is 0. The Morgan fingerprint density at radius 2 is 1.75 bits per heavy atom. The van der Waals surface area contributed by atoms with Crippen molar-refractivity contribution in [1.82, 2.24) is 10.3 Å². The number of hydrogen-bond donors (Lipinski definition) is 3. The van der Waals surface area contributed by atoms with Crippen LogP contribution in [0.4, 0.5) is 0 Å². The Morgan fingerprint density at radius 1 is 1.12 bits per heavy atom. The summed E-state index contributed by atoms with van der Waals surface area (Å²) in [5.74, 6) is -2.88. The number of rotatable bonds is 12. The maximum Gasteiger partial charge on any atom is 0.310 e. The fourth-order valence-corrected chi connectivity index (χ4v) is 3.77. The van der Waals surface area contributed by atoms with Gasteiger partial charge in [0.15, 0.2) is 0 Å². The molecule has 0 fully saturated rings. The number of hydrazine groups is 1. The first kappa shape index (κ1) is 27.8. The number of ether oxygens (including phenoxy) is 1. The van der Waals surface area contributed by atoms with Gasteiger partial charge in [-0.05, 0) is 45.1 Å². The van der Waals surface area contributed by atoms with Crippen LogP contribution >= 0.6 is 0 Å². The topological polar surface area (TPSA) is 128 Å². The second-order valence-electron chi connectivity index (χ2n) is 9.12. The van der Waals surface area contributed by atoms with Crippen LogP contribution in [0.3, 0.4) is 0 Å². The van der Waals surface area contributed by atoms with E-state index >= 15 is 0 Å². The molecule has 0 aliphatic rings. The van der Waals surface area contributed by atoms with Crippen LogP contribution in [0.15, 0.2) is 36.4 Å². The summed E-state index contributed by atoms with van der Waals surface area (Å²) < 4.78 is 29.4. The van der Waals surface area contributed by atoms with Crippen molar-refractivity contribution in [2.24, 2.45) is 23.5 Å². The minimum atomic E-state index is -3.75. The molecule has 1 aromatic carbocycles. The molecule has 0 bridgehead atoms. The van der Waals surface area contributed by atoms with Gasteiger partial charge < -0.3 is 10.5 Å². The lowest BCUT2D eigenvalue weighted by molar-refractivity contribution is -0.164. The first-order chi connectivity index (χ1) is 14.8. The number of sulfonamides is 1. The van der Waals surface area contributed by atoms with Gasteiger partial charge in [0.1, 0.15) is 5.60 Å². The number of allylic oxidation sites excluding steroid dienone is 1. The number of amides is 1. The van der Waals surface area contributed by atoms with Gasteiger partial charge in [0, 0.05) is 6.54 Å². The molecule has 4 N–H and O–H groups in total. The standard InChI is InChI=1S/C23H37N3O5S/c1-17(2)16-20(21(27)25-26-32(29,30)15-14-24)19(22(28)31-23(3,4)5)13-9-12-18-10-7-6-8-11-18/h6-12,17,19-20,26H,13-16,24H2,1-5H3,(H,25,27)/t19-,20+/m0/s1. The highest BCUT2D eigenvalue weighted by Crippen LogP contribution is 2.28. The number of carbonyl (C=O) groups excluding carboxylic acids is 2. The third-order valence-electron chi connectivity index (χ3n) is 4.47. The summed E-state index contributed by atoms with van der Waals surface area (Å²) in [5.41, 5.74) is 7.80. The van der Waals surface area contributed by atoms with Crippen LogP contribution in [0.25, 0.3) is 6.08 Å². The van der Waals surface area contributed by atoms with Crippen molar-refractivity contribution in [2.45, 2.75) is 53.1 Å². The second-order valence-corrected chi connectivity index (χ2v) is 11.0. The van der Waals surface area contributed by atoms with Gasteiger partial charge in [-0.2, -0.15) is 0 Å². The summed E-state index contributed by atoms with van der Waals surface area (Å²) in [6, 6.07) is 9.60. The number of benzene rings is 1. The average Bonchev–Trinajstić information content (AvgIpc) is 2.67. The molecule has 180 valence electrons. The van der Waals surface area contributed by atoms with E-state index in [-0.39, 0.29) is 24.6 Å². The van der Waals surface area contributed by atoms with Crippen molar-refractivity contribution in [1.29, 1.82) is 0 Å². The predicted molar refractivity (Wildman–Crippen MR) is 126 cm³/mol. The summed E-state index contributed by atoms with van der Waals surface area (Å²) in [6.45, 7) is 9.09. The van der Waals surface area contributed by atoms with E-state index in [9.17, 15) is 18.0 Å². The molecule has 0 unspecified atom stereocenters. The lowest BCUT2D eigenvalue weighted by Crippen LogP contribution is -2.49. The molecule has 0 saturated carbocycles. The van der Waals surface area contributed by atoms with Crippen molar-refractivity contribution in [2.75, 3.05) is 12.3 Å². The molecule has 0 aromatic heterocycles. The SMILES string of the molecule is CC(C)C[C@@H](C(=O)NNS(=O)(=O)CCN)[C@H](CC=Cc1ccccc1)C(=O)OC(C)(C)C. The number of nitrogens with one attached hydrogen (secondary N) is 2. The lowest BCUT2D eigenvalue weighted by atomic mass is 9.82. The third-order valence-corrected chi connectivity index (χ3v) is 5.66. The van der Waals surface area contributed by atoms with Crippen molar-refractivity contribution < 1.29 is 22.7 Å². The van der Waals surface area contributed by atoms with Gasteiger partial charge in [0.05, 0.1) is 17.6 Å². The van der Waals surface area contributed by atoms with Crippen LogP contribution in [0.2, 0.25) is 0 Å². The van der Waals surface area contributed by atoms with Crippen LogP contribution in [-0.4, -0.2) is 38.2 Å². The van der Waals surface area contributed by atoms with Gasteiger partial charge in [-0.3, -0.25) is 15.0 Å². The third kappa shape index (κ3) is 10.9. The summed E-state index contributed by atoms with van der Waals surface area (Å²) in [6.07, 6.45) is 4.37. The fraction of sp³-hybridized carbons (Fsp3) is 0.565. The molecule has 2 atom stereocenters. The molecule has 0 spiro atoms. The van der Waals surface area contributed by atoms with Crippen molar-refractivity contribution >= 4 is 28.0 Å². The molecule has 8 nitrogen and oxygen atoms in total. The Morgan fingerprint density at radius 3 is 2.28 bits per heavy atom. The van der Waals surface area contributed by atoms with Gasteiger partial charge in [0.25, 0.3) is 0 Å². The van der Waals surface area contributed by atoms with Crippen LogP contribution in [0.1, 0.15) is 53.0 Å². The molecule has 0 aliphatic heterocycles. The molecular weight excluding hydrogens is 430 g/mol. The molecule has 0 heterocycles. The Kier molecular flexibility index (Phi) is 11.0. The smallest absolute Gasteiger partial charge is 0.310 e. The van der Waals surface area contributed by atoms with E-state index in [4.69, 9.17) is 10.5 Å². The van der Waals surface area contributed by atoms with E-state index < -0.39 is 39.3 Å². The van der Waals surface area contributed by atoms with Gasteiger partial charge in [-0.15, -0.1) is 4.83 Å². The number of esters is 1. The highest BCUT2D eigenvalue weighted by molar-refractivity contribution is 7.89. The molecule has 1 aromatic rings. The van der Waals surface area contributed by atoms with Gasteiger partial charge >= 0.3 is 5.97 Å². The highest BCUT2D eigenvalue weighted by Gasteiger charge is 2.36. The average molecular weight is 468 g/mol. The first-order valence-corrected chi connectivity index (χ1v) is 12.4. The fourth-order valence-electron chi connectivity index (χ4n) is 3.11. The van der Waals surface area contributed by atoms with Crippen molar-refractivity contribution in [3.63, 3.8) is 0 Å². The van der Waals surface area contributed by atoms with Crippen LogP contribution in [0.5, 0.6) is 0 Å². The van der Waals surface area contributed by atoms with Crippen LogP contribution in [0, 0.1) is 17.8 Å². The second kappa shape index (κ2) is 12.7. The zero-order valence-corrected chi connectivity index (χ0v) is 20.4. The number of nitrogens with two attached hydrogens (primary N) is 1. The highest BCUT2D eigenvalue weighted by atomic mass is 32.2. The van der Waals surface area contributed by atoms with Crippen LogP contribution < -0.4 is 16.0 Å². The van der Waals surface area contributed by atoms with E-state index in [1.165, 1.54) is 0 Å². The van der Waals surface area contributed by atoms with Gasteiger partial charge in [0.2, 0.25) is 15.9 Å². The summed E-state index contributed by atoms with van der Waals surface area (Å²) in [4.78, 5) is 28.1. The zero-order valence-electron chi connectivity index (χ0n) is 19.6. The van der Waals surface area contributed by atoms with Crippen molar-refractivity contribution in [3.8, 4) is 0 Å². The molecule has 0 radical (unpaired) electrons. The quantitative estimate of drug-likeness (QED) is 0.320. The molecule has 9 heteroatoms. The van der Waals surface area contributed by atoms with Crippen LogP contribution in [-0.2, 0) is 24.3 Å². The Bertz CT molecular complexity index is 861. The largest absolute Gasteiger partial charge is 0.460 e. The van der Waals surface area contributed by atoms with Crippen molar-refractivity contribution in [3.05, 3.63) is 42.0 Å². The molecule has 0 saturated heterocycles. The normalized spacial score (nSPS) is 14.3. The van der Waals surface area contributed by atoms with E-state index in [0.29, 0.717) is 6.42 Å². The minimum absolute atomic E-state index is 0.0779.